The van der Waals surface area contributed by atoms with Gasteiger partial charge in [0, 0.05) is 40.0 Å². The van der Waals surface area contributed by atoms with Crippen LogP contribution in [0.3, 0.4) is 0 Å². The Labute approximate surface area is 281 Å². The van der Waals surface area contributed by atoms with Crippen molar-refractivity contribution in [1.82, 2.24) is 5.32 Å². The van der Waals surface area contributed by atoms with Crippen molar-refractivity contribution in [2.75, 3.05) is 39.6 Å². The lowest BCUT2D eigenvalue weighted by molar-refractivity contribution is -0.354. The molecule has 2 saturated heterocycles. The highest BCUT2D eigenvalue weighted by Crippen LogP contribution is 2.34. The molecule has 0 spiro atoms. The van der Waals surface area contributed by atoms with Gasteiger partial charge in [0.2, 0.25) is 5.91 Å². The molecule has 13 heteroatoms. The summed E-state index contributed by atoms with van der Waals surface area (Å²) in [5.74, 6) is -1.64. The number of aliphatic hydroxyl groups excluding tert-OH is 1. The Hall–Kier alpha value is -1.42. The maximum atomic E-state index is 12.5. The third-order valence-corrected chi connectivity index (χ3v) is 8.20. The summed E-state index contributed by atoms with van der Waals surface area (Å²) in [6.45, 7) is 13.7. The number of ether oxygens (including phenoxy) is 8. The van der Waals surface area contributed by atoms with Gasteiger partial charge in [-0.2, -0.15) is 0 Å². The monoisotopic (exact) mass is 677 g/mol. The minimum Gasteiger partial charge on any atom is -0.479 e. The Kier molecular flexibility index (Phi) is 21.2. The van der Waals surface area contributed by atoms with Crippen LogP contribution in [0.4, 0.5) is 0 Å². The van der Waals surface area contributed by atoms with Crippen LogP contribution in [0.2, 0.25) is 0 Å². The third kappa shape index (κ3) is 13.8. The van der Waals surface area contributed by atoms with Gasteiger partial charge < -0.3 is 53.4 Å². The predicted molar refractivity (Wildman–Crippen MR) is 174 cm³/mol. The molecule has 0 saturated carbocycles. The minimum atomic E-state index is -1.63. The molecule has 0 aliphatic carbocycles. The van der Waals surface area contributed by atoms with Crippen molar-refractivity contribution in [2.24, 2.45) is 0 Å². The highest BCUT2D eigenvalue weighted by Gasteiger charge is 2.54. The van der Waals surface area contributed by atoms with Crippen LogP contribution in [0.1, 0.15) is 106 Å². The smallest absolute Gasteiger partial charge is 0.335 e. The molecule has 2 aliphatic heterocycles. The van der Waals surface area contributed by atoms with Crippen LogP contribution in [0.15, 0.2) is 0 Å². The maximum Gasteiger partial charge on any atom is 0.335 e. The van der Waals surface area contributed by atoms with Crippen molar-refractivity contribution >= 4 is 11.9 Å². The predicted octanol–water partition coefficient (Wildman–Crippen LogP) is 3.96. The van der Waals surface area contributed by atoms with Gasteiger partial charge in [0.05, 0.1) is 6.61 Å². The zero-order chi connectivity index (χ0) is 34.6. The Balaban J connectivity index is 2.56. The fraction of sp³-hybridized carbons (Fsp3) is 0.941. The second kappa shape index (κ2) is 23.9. The molecule has 2 fully saturated rings. The summed E-state index contributed by atoms with van der Waals surface area (Å²) >= 11 is 0. The number of carboxylic acids is 1. The highest BCUT2D eigenvalue weighted by atomic mass is 16.8. The van der Waals surface area contributed by atoms with Crippen LogP contribution >= 0.6 is 0 Å². The highest BCUT2D eigenvalue weighted by molar-refractivity contribution is 5.73. The van der Waals surface area contributed by atoms with Crippen LogP contribution in [-0.4, -0.2) is 123 Å². The largest absolute Gasteiger partial charge is 0.479 e. The molecule has 1 amide bonds. The molecular weight excluding hydrogens is 614 g/mol. The fourth-order valence-corrected chi connectivity index (χ4v) is 5.47. The zero-order valence-corrected chi connectivity index (χ0v) is 29.6. The van der Waals surface area contributed by atoms with Gasteiger partial charge >= 0.3 is 5.97 Å². The lowest BCUT2D eigenvalue weighted by Crippen LogP contribution is -2.68. The second-order valence-corrected chi connectivity index (χ2v) is 12.3. The topological polar surface area (TPSA) is 160 Å². The van der Waals surface area contributed by atoms with Crippen molar-refractivity contribution in [3.63, 3.8) is 0 Å². The van der Waals surface area contributed by atoms with Crippen LogP contribution in [0, 0.1) is 0 Å². The van der Waals surface area contributed by atoms with Crippen molar-refractivity contribution in [2.45, 2.75) is 167 Å². The van der Waals surface area contributed by atoms with E-state index in [1.54, 1.807) is 0 Å². The van der Waals surface area contributed by atoms with E-state index in [0.717, 1.165) is 57.8 Å². The van der Waals surface area contributed by atoms with Crippen molar-refractivity contribution in [3.8, 4) is 0 Å². The normalized spacial score (nSPS) is 31.1. The quantitative estimate of drug-likeness (QED) is 0.120. The van der Waals surface area contributed by atoms with Gasteiger partial charge in [-0.15, -0.1) is 0 Å². The number of aliphatic hydroxyl groups is 1. The molecule has 2 aliphatic rings. The Morgan fingerprint density at radius 1 is 0.660 bits per heavy atom. The summed E-state index contributed by atoms with van der Waals surface area (Å²) in [5, 5.41) is 24.2. The standard InChI is InChI=1S/C34H63NO12/c1-7-12-17-40-22-24-27(28(41-18-13-8-2)25(35-23(6)36)33(45-24)44-21-16-11-5)46-34-31(43-20-15-10-4)29(42-19-14-9-3)26(37)30(47-34)32(38)39/h24-31,33-34,37H,7-22H2,1-6H3,(H,35,36)(H,38,39)/t24?,25?,26-,27+,28+,29-,30?,31?,33+,34+/m0/s1. The number of amides is 1. The van der Waals surface area contributed by atoms with Gasteiger partial charge in [-0.3, -0.25) is 4.79 Å². The number of carbonyl (C=O) groups excluding carboxylic acids is 1. The maximum absolute atomic E-state index is 12.5. The number of hydrogen-bond donors (Lipinski definition) is 3. The van der Waals surface area contributed by atoms with E-state index in [1.807, 2.05) is 13.8 Å². The van der Waals surface area contributed by atoms with Crippen LogP contribution in [0.25, 0.3) is 0 Å². The number of unbranched alkanes of at least 4 members (excludes halogenated alkanes) is 5. The summed E-state index contributed by atoms with van der Waals surface area (Å²) in [6, 6.07) is -0.751. The van der Waals surface area contributed by atoms with Crippen molar-refractivity contribution in [3.05, 3.63) is 0 Å². The molecule has 0 aromatic rings. The Bertz CT molecular complexity index is 850. The molecule has 10 atom stereocenters. The fourth-order valence-electron chi connectivity index (χ4n) is 5.47. The van der Waals surface area contributed by atoms with Crippen molar-refractivity contribution in [1.29, 1.82) is 0 Å². The SMILES string of the molecule is CCCCOCC1O[C@@H](OCCCC)C(NC(C)=O)[C@@H](OCCCC)[C@@H]1O[C@@H]1OC(C(=O)O)[C@@H](O)[C@H](OCCCC)C1OCCCC. The molecule has 2 heterocycles. The van der Waals surface area contributed by atoms with E-state index < -0.39 is 67.3 Å². The first-order valence-electron chi connectivity index (χ1n) is 17.9. The van der Waals surface area contributed by atoms with E-state index in [9.17, 15) is 19.8 Å². The number of hydrogen-bond acceptors (Lipinski definition) is 11. The molecule has 0 bridgehead atoms. The Morgan fingerprint density at radius 2 is 1.17 bits per heavy atom. The molecule has 0 aromatic carbocycles. The van der Waals surface area contributed by atoms with Gasteiger partial charge in [0.15, 0.2) is 18.7 Å². The lowest BCUT2D eigenvalue weighted by atomic mass is 9.94. The van der Waals surface area contributed by atoms with Crippen LogP contribution < -0.4 is 5.32 Å². The van der Waals surface area contributed by atoms with E-state index in [4.69, 9.17) is 37.9 Å². The first kappa shape index (κ1) is 41.7. The van der Waals surface area contributed by atoms with E-state index >= 15 is 0 Å². The number of carbonyl (C=O) groups is 2. The second-order valence-electron chi connectivity index (χ2n) is 12.3. The van der Waals surface area contributed by atoms with Gasteiger partial charge in [-0.05, 0) is 32.1 Å². The third-order valence-electron chi connectivity index (χ3n) is 8.20. The number of nitrogens with one attached hydrogen (secondary N) is 1. The molecule has 276 valence electrons. The summed E-state index contributed by atoms with van der Waals surface area (Å²) < 4.78 is 50.2. The molecule has 13 nitrogen and oxygen atoms in total. The molecule has 0 aromatic heterocycles. The first-order valence-corrected chi connectivity index (χ1v) is 17.9. The molecule has 3 N–H and O–H groups in total. The van der Waals surface area contributed by atoms with E-state index in [-0.39, 0.29) is 12.5 Å². The van der Waals surface area contributed by atoms with E-state index in [2.05, 4.69) is 26.1 Å². The molecule has 0 radical (unpaired) electrons. The van der Waals surface area contributed by atoms with Gasteiger partial charge in [0.25, 0.3) is 0 Å². The average molecular weight is 678 g/mol. The van der Waals surface area contributed by atoms with E-state index in [1.165, 1.54) is 6.92 Å². The molecule has 4 unspecified atom stereocenters. The minimum absolute atomic E-state index is 0.133. The summed E-state index contributed by atoms with van der Waals surface area (Å²) in [7, 11) is 0. The molecule has 47 heavy (non-hydrogen) atoms. The first-order chi connectivity index (χ1) is 22.7. The van der Waals surface area contributed by atoms with Gasteiger partial charge in [0.1, 0.15) is 42.7 Å². The van der Waals surface area contributed by atoms with Gasteiger partial charge in [-0.1, -0.05) is 66.7 Å². The summed E-state index contributed by atoms with van der Waals surface area (Å²) in [6.07, 6.45) is -1.32. The number of rotatable bonds is 25. The molecule has 2 rings (SSSR count). The zero-order valence-electron chi connectivity index (χ0n) is 29.6. The summed E-state index contributed by atoms with van der Waals surface area (Å²) in [4.78, 5) is 24.8. The Morgan fingerprint density at radius 3 is 1.70 bits per heavy atom. The van der Waals surface area contributed by atoms with E-state index in [0.29, 0.717) is 39.5 Å². The van der Waals surface area contributed by atoms with Crippen LogP contribution in [0.5, 0.6) is 0 Å². The number of carboxylic acid groups (broad SMARTS) is 1. The average Bonchev–Trinajstić information content (AvgIpc) is 3.03. The van der Waals surface area contributed by atoms with Gasteiger partial charge in [-0.25, -0.2) is 4.79 Å². The summed E-state index contributed by atoms with van der Waals surface area (Å²) in [5.41, 5.74) is 0. The lowest BCUT2D eigenvalue weighted by Gasteiger charge is -2.49. The van der Waals surface area contributed by atoms with Crippen LogP contribution in [-0.2, 0) is 47.5 Å². The van der Waals surface area contributed by atoms with Crippen molar-refractivity contribution < 1.29 is 57.7 Å². The number of aliphatic carboxylic acids is 1. The molecular formula is C34H63NO12.